The van der Waals surface area contributed by atoms with Gasteiger partial charge in [0.05, 0.1) is 13.2 Å². The second kappa shape index (κ2) is 7.02. The molecule has 0 radical (unpaired) electrons. The van der Waals surface area contributed by atoms with Crippen LogP contribution in [0, 0.1) is 5.41 Å². The molecule has 0 unspecified atom stereocenters. The smallest absolute Gasteiger partial charge is 0.320 e. The van der Waals surface area contributed by atoms with Crippen LogP contribution in [0.15, 0.2) is 17.5 Å². The zero-order chi connectivity index (χ0) is 16.4. The van der Waals surface area contributed by atoms with Gasteiger partial charge in [-0.05, 0) is 37.3 Å². The maximum atomic E-state index is 12.8. The van der Waals surface area contributed by atoms with E-state index in [-0.39, 0.29) is 11.4 Å². The fraction of sp³-hybridized carbons (Fsp3) is 0.722. The highest BCUT2D eigenvalue weighted by atomic mass is 32.1. The van der Waals surface area contributed by atoms with Crippen molar-refractivity contribution in [2.75, 3.05) is 52.5 Å². The van der Waals surface area contributed by atoms with Gasteiger partial charge in [0.2, 0.25) is 0 Å². The average Bonchev–Trinajstić information content (AvgIpc) is 3.30. The van der Waals surface area contributed by atoms with Crippen molar-refractivity contribution in [3.8, 4) is 0 Å². The summed E-state index contributed by atoms with van der Waals surface area (Å²) in [6.45, 7) is 8.07. The summed E-state index contributed by atoms with van der Waals surface area (Å²) in [5.41, 5.74) is 0.114. The highest BCUT2D eigenvalue weighted by Gasteiger charge is 2.42. The lowest BCUT2D eigenvalue weighted by Gasteiger charge is -2.34. The molecule has 1 aromatic heterocycles. The minimum atomic E-state index is 0.114. The Hall–Kier alpha value is -1.11. The molecule has 3 aliphatic heterocycles. The monoisotopic (exact) mass is 349 g/mol. The second-order valence-corrected chi connectivity index (χ2v) is 8.52. The van der Waals surface area contributed by atoms with E-state index in [0.29, 0.717) is 6.61 Å². The topological polar surface area (TPSA) is 36.0 Å². The molecule has 0 aliphatic carbocycles. The number of thiophene rings is 1. The van der Waals surface area contributed by atoms with E-state index in [4.69, 9.17) is 4.74 Å². The first-order valence-corrected chi connectivity index (χ1v) is 9.98. The normalized spacial score (nSPS) is 28.7. The van der Waals surface area contributed by atoms with Gasteiger partial charge in [-0.2, -0.15) is 0 Å². The van der Waals surface area contributed by atoms with Gasteiger partial charge in [-0.1, -0.05) is 6.07 Å². The van der Waals surface area contributed by atoms with E-state index < -0.39 is 0 Å². The number of likely N-dealkylation sites (tertiary alicyclic amines) is 2. The Morgan fingerprint density at radius 3 is 2.83 bits per heavy atom. The van der Waals surface area contributed by atoms with Crippen molar-refractivity contribution >= 4 is 17.4 Å². The number of carbonyl (C=O) groups is 1. The first-order chi connectivity index (χ1) is 11.7. The Bertz CT molecular complexity index is 559. The number of rotatable bonds is 2. The quantitative estimate of drug-likeness (QED) is 0.823. The van der Waals surface area contributed by atoms with E-state index in [2.05, 4.69) is 27.3 Å². The molecule has 6 heteroatoms. The Morgan fingerprint density at radius 1 is 1.17 bits per heavy atom. The predicted molar refractivity (Wildman–Crippen MR) is 95.2 cm³/mol. The molecule has 1 atom stereocenters. The molecule has 0 saturated carbocycles. The molecule has 0 N–H and O–H groups in total. The van der Waals surface area contributed by atoms with Gasteiger partial charge in [0, 0.05) is 49.6 Å². The van der Waals surface area contributed by atoms with Crippen molar-refractivity contribution in [3.63, 3.8) is 0 Å². The lowest BCUT2D eigenvalue weighted by atomic mass is 9.87. The molecule has 0 aromatic carbocycles. The number of urea groups is 1. The van der Waals surface area contributed by atoms with Gasteiger partial charge in [0.1, 0.15) is 0 Å². The predicted octanol–water partition coefficient (Wildman–Crippen LogP) is 2.49. The largest absolute Gasteiger partial charge is 0.379 e. The van der Waals surface area contributed by atoms with Crippen LogP contribution in [-0.4, -0.2) is 73.2 Å². The Morgan fingerprint density at radius 2 is 2.04 bits per heavy atom. The van der Waals surface area contributed by atoms with E-state index in [1.165, 1.54) is 4.88 Å². The summed E-state index contributed by atoms with van der Waals surface area (Å²) in [6.07, 6.45) is 3.42. The SMILES string of the molecule is O=C(N1CCCC1)N1CCOC[C@@]2(CCN(Cc3cccs3)C2)C1. The van der Waals surface area contributed by atoms with Crippen molar-refractivity contribution < 1.29 is 9.53 Å². The minimum Gasteiger partial charge on any atom is -0.379 e. The third kappa shape index (κ3) is 3.46. The molecule has 0 bridgehead atoms. The van der Waals surface area contributed by atoms with Crippen LogP contribution in [0.3, 0.4) is 0 Å². The van der Waals surface area contributed by atoms with Gasteiger partial charge in [-0.15, -0.1) is 11.3 Å². The van der Waals surface area contributed by atoms with Crippen molar-refractivity contribution in [1.82, 2.24) is 14.7 Å². The van der Waals surface area contributed by atoms with Gasteiger partial charge < -0.3 is 14.5 Å². The van der Waals surface area contributed by atoms with Crippen LogP contribution < -0.4 is 0 Å². The molecule has 5 nitrogen and oxygen atoms in total. The van der Waals surface area contributed by atoms with Crippen LogP contribution >= 0.6 is 11.3 Å². The zero-order valence-corrected chi connectivity index (χ0v) is 15.1. The fourth-order valence-electron chi connectivity index (χ4n) is 4.30. The van der Waals surface area contributed by atoms with E-state index in [0.717, 1.165) is 71.7 Å². The number of amides is 2. The Kier molecular flexibility index (Phi) is 4.79. The molecule has 4 heterocycles. The van der Waals surface area contributed by atoms with Crippen LogP contribution in [0.5, 0.6) is 0 Å². The second-order valence-electron chi connectivity index (χ2n) is 7.49. The Balaban J connectivity index is 1.41. The molecular formula is C18H27N3O2S. The standard InChI is InChI=1S/C18H27N3O2S/c22-17(20-6-1-2-7-20)21-9-10-23-15-18(14-21)5-8-19(13-18)12-16-4-3-11-24-16/h3-4,11H,1-2,5-10,12-15H2/t18-/m1/s1. The van der Waals surface area contributed by atoms with E-state index in [1.54, 1.807) is 0 Å². The molecular weight excluding hydrogens is 322 g/mol. The van der Waals surface area contributed by atoms with Crippen LogP contribution in [0.2, 0.25) is 0 Å². The minimum absolute atomic E-state index is 0.114. The summed E-state index contributed by atoms with van der Waals surface area (Å²) < 4.78 is 5.92. The lowest BCUT2D eigenvalue weighted by Crippen LogP contribution is -2.48. The molecule has 1 spiro atoms. The molecule has 3 fully saturated rings. The van der Waals surface area contributed by atoms with E-state index in [9.17, 15) is 4.79 Å². The summed E-state index contributed by atoms with van der Waals surface area (Å²) in [6, 6.07) is 4.56. The third-order valence-electron chi connectivity index (χ3n) is 5.56. The summed E-state index contributed by atoms with van der Waals surface area (Å²) in [7, 11) is 0. The maximum absolute atomic E-state index is 12.8. The van der Waals surface area contributed by atoms with Crippen LogP contribution in [-0.2, 0) is 11.3 Å². The molecule has 132 valence electrons. The molecule has 1 aromatic rings. The highest BCUT2D eigenvalue weighted by Crippen LogP contribution is 2.35. The number of ether oxygens (including phenoxy) is 1. The molecule has 24 heavy (non-hydrogen) atoms. The Labute approximate surface area is 148 Å². The molecule has 3 saturated heterocycles. The van der Waals surface area contributed by atoms with E-state index >= 15 is 0 Å². The van der Waals surface area contributed by atoms with Crippen molar-refractivity contribution in [1.29, 1.82) is 0 Å². The number of nitrogens with zero attached hydrogens (tertiary/aromatic N) is 3. The highest BCUT2D eigenvalue weighted by molar-refractivity contribution is 7.09. The van der Waals surface area contributed by atoms with Crippen LogP contribution in [0.1, 0.15) is 24.1 Å². The summed E-state index contributed by atoms with van der Waals surface area (Å²) in [4.78, 5) is 20.9. The van der Waals surface area contributed by atoms with E-state index in [1.807, 2.05) is 16.2 Å². The van der Waals surface area contributed by atoms with Gasteiger partial charge >= 0.3 is 6.03 Å². The van der Waals surface area contributed by atoms with Gasteiger partial charge in [-0.25, -0.2) is 4.79 Å². The van der Waals surface area contributed by atoms with Gasteiger partial charge in [-0.3, -0.25) is 4.90 Å². The lowest BCUT2D eigenvalue weighted by molar-refractivity contribution is 0.0711. The van der Waals surface area contributed by atoms with Gasteiger partial charge in [0.25, 0.3) is 0 Å². The first kappa shape index (κ1) is 16.4. The number of hydrogen-bond donors (Lipinski definition) is 0. The zero-order valence-electron chi connectivity index (χ0n) is 14.3. The van der Waals surface area contributed by atoms with Crippen molar-refractivity contribution in [2.45, 2.75) is 25.8 Å². The fourth-order valence-corrected chi connectivity index (χ4v) is 5.04. The summed E-state index contributed by atoms with van der Waals surface area (Å²) in [5, 5.41) is 2.15. The van der Waals surface area contributed by atoms with Gasteiger partial charge in [0.15, 0.2) is 0 Å². The summed E-state index contributed by atoms with van der Waals surface area (Å²) in [5.74, 6) is 0. The maximum Gasteiger partial charge on any atom is 0.320 e. The van der Waals surface area contributed by atoms with Crippen molar-refractivity contribution in [2.24, 2.45) is 5.41 Å². The van der Waals surface area contributed by atoms with Crippen LogP contribution in [0.4, 0.5) is 4.79 Å². The molecule has 3 aliphatic rings. The summed E-state index contributed by atoms with van der Waals surface area (Å²) >= 11 is 1.83. The first-order valence-electron chi connectivity index (χ1n) is 9.11. The van der Waals surface area contributed by atoms with Crippen LogP contribution in [0.25, 0.3) is 0 Å². The molecule has 4 rings (SSSR count). The third-order valence-corrected chi connectivity index (χ3v) is 6.43. The average molecular weight is 350 g/mol. The molecule has 2 amide bonds. The van der Waals surface area contributed by atoms with Crippen molar-refractivity contribution in [3.05, 3.63) is 22.4 Å². The number of hydrogen-bond acceptors (Lipinski definition) is 4. The number of carbonyl (C=O) groups excluding carboxylic acids is 1.